The Hall–Kier alpha value is -2.80. The van der Waals surface area contributed by atoms with E-state index in [1.807, 2.05) is 0 Å². The van der Waals surface area contributed by atoms with Crippen molar-refractivity contribution in [2.45, 2.75) is 13.0 Å². The minimum absolute atomic E-state index is 0.0726. The van der Waals surface area contributed by atoms with E-state index in [2.05, 4.69) is 10.6 Å². The molecule has 2 N–H and O–H groups in total. The van der Waals surface area contributed by atoms with E-state index in [0.717, 1.165) is 6.07 Å². The van der Waals surface area contributed by atoms with Crippen LogP contribution >= 0.6 is 0 Å². The van der Waals surface area contributed by atoms with Crippen molar-refractivity contribution in [1.29, 1.82) is 0 Å². The monoisotopic (exact) mass is 345 g/mol. The van der Waals surface area contributed by atoms with Crippen molar-refractivity contribution in [3.8, 4) is 0 Å². The zero-order valence-electron chi connectivity index (χ0n) is 13.6. The lowest BCUT2D eigenvalue weighted by Gasteiger charge is -2.29. The van der Waals surface area contributed by atoms with Crippen molar-refractivity contribution in [3.05, 3.63) is 59.7 Å². The summed E-state index contributed by atoms with van der Waals surface area (Å²) in [5.41, 5.74) is 1.46. The Labute approximate surface area is 143 Å². The molecule has 7 heteroatoms. The number of carbonyl (C=O) groups excluding carboxylic acids is 2. The molecule has 25 heavy (non-hydrogen) atoms. The molecule has 0 aromatic heterocycles. The van der Waals surface area contributed by atoms with E-state index in [4.69, 9.17) is 0 Å². The third-order valence-electron chi connectivity index (χ3n) is 4.06. The number of halogens is 2. The van der Waals surface area contributed by atoms with Crippen LogP contribution in [0.4, 0.5) is 20.2 Å². The molecule has 3 rings (SSSR count). The van der Waals surface area contributed by atoms with Crippen molar-refractivity contribution >= 4 is 23.2 Å². The van der Waals surface area contributed by atoms with Crippen LogP contribution in [0, 0.1) is 11.6 Å². The zero-order chi connectivity index (χ0) is 18.0. The molecule has 0 unspecified atom stereocenters. The SMILES string of the molecule is C[C@H](NCC(=O)N1CC(=O)Nc2ccccc21)c1ccc(F)cc1F. The molecule has 0 radical (unpaired) electrons. The number of benzene rings is 2. The number of rotatable bonds is 4. The van der Waals surface area contributed by atoms with E-state index in [0.29, 0.717) is 11.4 Å². The maximum atomic E-state index is 13.8. The molecule has 2 aromatic rings. The zero-order valence-corrected chi connectivity index (χ0v) is 13.6. The van der Waals surface area contributed by atoms with Gasteiger partial charge in [0.2, 0.25) is 11.8 Å². The van der Waals surface area contributed by atoms with Gasteiger partial charge in [-0.3, -0.25) is 14.5 Å². The fourth-order valence-corrected chi connectivity index (χ4v) is 2.75. The third kappa shape index (κ3) is 3.66. The highest BCUT2D eigenvalue weighted by Gasteiger charge is 2.26. The fourth-order valence-electron chi connectivity index (χ4n) is 2.75. The average Bonchev–Trinajstić information content (AvgIpc) is 2.58. The number of fused-ring (bicyclic) bond motifs is 1. The molecular weight excluding hydrogens is 328 g/mol. The van der Waals surface area contributed by atoms with Crippen LogP contribution in [0.5, 0.6) is 0 Å². The number of anilines is 2. The quantitative estimate of drug-likeness (QED) is 0.895. The first-order valence-corrected chi connectivity index (χ1v) is 7.83. The predicted octanol–water partition coefficient (Wildman–Crippen LogP) is 2.60. The Morgan fingerprint density at radius 1 is 1.28 bits per heavy atom. The smallest absolute Gasteiger partial charge is 0.244 e. The summed E-state index contributed by atoms with van der Waals surface area (Å²) in [5.74, 6) is -1.91. The van der Waals surface area contributed by atoms with Gasteiger partial charge in [-0.05, 0) is 25.1 Å². The van der Waals surface area contributed by atoms with Gasteiger partial charge in [0.05, 0.1) is 17.9 Å². The highest BCUT2D eigenvalue weighted by Crippen LogP contribution is 2.28. The lowest BCUT2D eigenvalue weighted by molar-refractivity contribution is -0.121. The molecule has 2 aromatic carbocycles. The number of para-hydroxylation sites is 2. The minimum Gasteiger partial charge on any atom is -0.323 e. The van der Waals surface area contributed by atoms with Gasteiger partial charge in [0.25, 0.3) is 0 Å². The van der Waals surface area contributed by atoms with E-state index >= 15 is 0 Å². The molecule has 0 saturated heterocycles. The van der Waals surface area contributed by atoms with Crippen LogP contribution in [0.3, 0.4) is 0 Å². The Morgan fingerprint density at radius 3 is 2.80 bits per heavy atom. The van der Waals surface area contributed by atoms with Gasteiger partial charge < -0.3 is 10.6 Å². The van der Waals surface area contributed by atoms with Gasteiger partial charge in [-0.25, -0.2) is 8.78 Å². The highest BCUT2D eigenvalue weighted by molar-refractivity contribution is 6.10. The first-order valence-electron chi connectivity index (χ1n) is 7.83. The van der Waals surface area contributed by atoms with Gasteiger partial charge in [-0.2, -0.15) is 0 Å². The number of amides is 2. The molecule has 1 heterocycles. The number of hydrogen-bond acceptors (Lipinski definition) is 3. The summed E-state index contributed by atoms with van der Waals surface area (Å²) in [5, 5.41) is 5.63. The maximum Gasteiger partial charge on any atom is 0.244 e. The molecule has 1 aliphatic heterocycles. The van der Waals surface area contributed by atoms with Crippen LogP contribution in [0.15, 0.2) is 42.5 Å². The number of hydrogen-bond donors (Lipinski definition) is 2. The van der Waals surface area contributed by atoms with Gasteiger partial charge in [-0.1, -0.05) is 18.2 Å². The lowest BCUT2D eigenvalue weighted by atomic mass is 10.1. The second-order valence-corrected chi connectivity index (χ2v) is 5.81. The van der Waals surface area contributed by atoms with E-state index in [1.165, 1.54) is 17.0 Å². The van der Waals surface area contributed by atoms with Gasteiger partial charge in [0, 0.05) is 17.7 Å². The molecule has 0 spiro atoms. The maximum absolute atomic E-state index is 13.8. The van der Waals surface area contributed by atoms with Crippen molar-refractivity contribution in [3.63, 3.8) is 0 Å². The standard InChI is InChI=1S/C18H17F2N3O2/c1-11(13-7-6-12(19)8-14(13)20)21-9-18(25)23-10-17(24)22-15-4-2-3-5-16(15)23/h2-8,11,21H,9-10H2,1H3,(H,22,24)/t11-/m0/s1. The Balaban J connectivity index is 1.69. The van der Waals surface area contributed by atoms with Gasteiger partial charge in [0.1, 0.15) is 18.2 Å². The summed E-state index contributed by atoms with van der Waals surface area (Å²) in [7, 11) is 0. The Kier molecular flexibility index (Phi) is 4.76. The first-order chi connectivity index (χ1) is 12.0. The molecule has 1 aliphatic rings. The van der Waals surface area contributed by atoms with Gasteiger partial charge in [-0.15, -0.1) is 0 Å². The molecule has 0 fully saturated rings. The molecule has 5 nitrogen and oxygen atoms in total. The normalized spacial score (nSPS) is 14.7. The van der Waals surface area contributed by atoms with E-state index < -0.39 is 17.7 Å². The molecule has 0 bridgehead atoms. The summed E-state index contributed by atoms with van der Waals surface area (Å²) in [6.07, 6.45) is 0. The summed E-state index contributed by atoms with van der Waals surface area (Å²) in [4.78, 5) is 25.7. The second-order valence-electron chi connectivity index (χ2n) is 5.81. The van der Waals surface area contributed by atoms with Crippen LogP contribution in [-0.4, -0.2) is 24.9 Å². The molecule has 0 aliphatic carbocycles. The first kappa shape index (κ1) is 17.0. The summed E-state index contributed by atoms with van der Waals surface area (Å²) < 4.78 is 26.8. The molecule has 0 saturated carbocycles. The van der Waals surface area contributed by atoms with Crippen molar-refractivity contribution in [1.82, 2.24) is 5.32 Å². The molecule has 2 amide bonds. The van der Waals surface area contributed by atoms with Crippen LogP contribution < -0.4 is 15.5 Å². The van der Waals surface area contributed by atoms with Crippen LogP contribution in [0.1, 0.15) is 18.5 Å². The van der Waals surface area contributed by atoms with Crippen molar-refractivity contribution in [2.24, 2.45) is 0 Å². The van der Waals surface area contributed by atoms with Gasteiger partial charge in [0.15, 0.2) is 0 Å². The molecular formula is C18H17F2N3O2. The molecule has 1 atom stereocenters. The largest absolute Gasteiger partial charge is 0.323 e. The Morgan fingerprint density at radius 2 is 2.04 bits per heavy atom. The second kappa shape index (κ2) is 6.98. The topological polar surface area (TPSA) is 61.4 Å². The fraction of sp³-hybridized carbons (Fsp3) is 0.222. The Bertz CT molecular complexity index is 826. The van der Waals surface area contributed by atoms with Crippen LogP contribution in [-0.2, 0) is 9.59 Å². The summed E-state index contributed by atoms with van der Waals surface area (Å²) in [6.45, 7) is 1.52. The highest BCUT2D eigenvalue weighted by atomic mass is 19.1. The van der Waals surface area contributed by atoms with Crippen molar-refractivity contribution < 1.29 is 18.4 Å². The average molecular weight is 345 g/mol. The van der Waals surface area contributed by atoms with Crippen LogP contribution in [0.25, 0.3) is 0 Å². The van der Waals surface area contributed by atoms with Crippen LogP contribution in [0.2, 0.25) is 0 Å². The number of carbonyl (C=O) groups is 2. The summed E-state index contributed by atoms with van der Waals surface area (Å²) >= 11 is 0. The van der Waals surface area contributed by atoms with Crippen molar-refractivity contribution in [2.75, 3.05) is 23.3 Å². The van der Waals surface area contributed by atoms with Gasteiger partial charge >= 0.3 is 0 Å². The summed E-state index contributed by atoms with van der Waals surface area (Å²) in [6, 6.07) is 9.84. The molecule has 130 valence electrons. The number of nitrogens with one attached hydrogen (secondary N) is 2. The van der Waals surface area contributed by atoms with E-state index in [-0.39, 0.29) is 30.5 Å². The third-order valence-corrected chi connectivity index (χ3v) is 4.06. The number of nitrogens with zero attached hydrogens (tertiary/aromatic N) is 1. The predicted molar refractivity (Wildman–Crippen MR) is 90.2 cm³/mol. The van der Waals surface area contributed by atoms with E-state index in [9.17, 15) is 18.4 Å². The van der Waals surface area contributed by atoms with E-state index in [1.54, 1.807) is 31.2 Å². The lowest BCUT2D eigenvalue weighted by Crippen LogP contribution is -2.46. The minimum atomic E-state index is -0.671.